The van der Waals surface area contributed by atoms with E-state index in [-0.39, 0.29) is 12.5 Å². The first kappa shape index (κ1) is 17.0. The third-order valence-electron chi connectivity index (χ3n) is 4.36. The second-order valence-electron chi connectivity index (χ2n) is 6.19. The second kappa shape index (κ2) is 7.38. The summed E-state index contributed by atoms with van der Waals surface area (Å²) in [7, 11) is 0. The fourth-order valence-electron chi connectivity index (χ4n) is 2.93. The average molecular weight is 338 g/mol. The fourth-order valence-corrected chi connectivity index (χ4v) is 2.93. The number of fused-ring (bicyclic) bond motifs is 1. The van der Waals surface area contributed by atoms with Gasteiger partial charge in [0.2, 0.25) is 0 Å². The number of amides is 2. The summed E-state index contributed by atoms with van der Waals surface area (Å²) in [6, 6.07) is 14.8. The molecule has 5 nitrogen and oxygen atoms in total. The highest BCUT2D eigenvalue weighted by atomic mass is 16.5. The van der Waals surface area contributed by atoms with E-state index in [0.717, 1.165) is 19.3 Å². The summed E-state index contributed by atoms with van der Waals surface area (Å²) in [5, 5.41) is 0. The molecule has 2 aromatic carbocycles. The van der Waals surface area contributed by atoms with Gasteiger partial charge in [-0.3, -0.25) is 9.59 Å². The standard InChI is InChI=1S/C20H22N2O3/c1-2-3-6-14-9-11-15(12-10-14)20(24)22-13-18(19(21)23)25-17-8-5-4-7-16(17)22/h4-5,7-12,18H,2-3,6,13H2,1H3,(H2,21,23). The Bertz CT molecular complexity index is 771. The Labute approximate surface area is 147 Å². The Morgan fingerprint density at radius 1 is 1.16 bits per heavy atom. The molecule has 5 heteroatoms. The van der Waals surface area contributed by atoms with Gasteiger partial charge >= 0.3 is 0 Å². The molecule has 2 amide bonds. The number of aryl methyl sites for hydroxylation is 1. The van der Waals surface area contributed by atoms with Gasteiger partial charge in [-0.25, -0.2) is 0 Å². The SMILES string of the molecule is CCCCc1ccc(C(=O)N2CC(C(N)=O)Oc3ccccc32)cc1. The molecule has 2 aromatic rings. The van der Waals surface area contributed by atoms with Crippen molar-refractivity contribution in [2.45, 2.75) is 32.3 Å². The van der Waals surface area contributed by atoms with E-state index in [1.165, 1.54) is 5.56 Å². The van der Waals surface area contributed by atoms with Crippen LogP contribution in [0.4, 0.5) is 5.69 Å². The molecule has 0 aliphatic carbocycles. The van der Waals surface area contributed by atoms with Gasteiger partial charge < -0.3 is 15.4 Å². The van der Waals surface area contributed by atoms with Crippen LogP contribution in [0.3, 0.4) is 0 Å². The van der Waals surface area contributed by atoms with E-state index in [0.29, 0.717) is 17.0 Å². The molecular formula is C20H22N2O3. The van der Waals surface area contributed by atoms with Crippen molar-refractivity contribution >= 4 is 17.5 Å². The molecule has 0 radical (unpaired) electrons. The van der Waals surface area contributed by atoms with Crippen molar-refractivity contribution in [3.05, 3.63) is 59.7 Å². The zero-order valence-corrected chi connectivity index (χ0v) is 14.3. The predicted octanol–water partition coefficient (Wildman–Crippen LogP) is 2.92. The van der Waals surface area contributed by atoms with Crippen LogP contribution in [-0.4, -0.2) is 24.5 Å². The van der Waals surface area contributed by atoms with Crippen LogP contribution in [0.25, 0.3) is 0 Å². The average Bonchev–Trinajstić information content (AvgIpc) is 2.65. The van der Waals surface area contributed by atoms with Crippen molar-refractivity contribution in [1.82, 2.24) is 0 Å². The highest BCUT2D eigenvalue weighted by Crippen LogP contribution is 2.34. The first-order valence-corrected chi connectivity index (χ1v) is 8.56. The number of ether oxygens (including phenoxy) is 1. The van der Waals surface area contributed by atoms with Crippen LogP contribution in [0.1, 0.15) is 35.7 Å². The number of primary amides is 1. The monoisotopic (exact) mass is 338 g/mol. The molecule has 25 heavy (non-hydrogen) atoms. The van der Waals surface area contributed by atoms with Crippen LogP contribution < -0.4 is 15.4 Å². The normalized spacial score (nSPS) is 16.0. The van der Waals surface area contributed by atoms with E-state index in [1.807, 2.05) is 30.3 Å². The highest BCUT2D eigenvalue weighted by molar-refractivity contribution is 6.07. The molecule has 1 unspecified atom stereocenters. The largest absolute Gasteiger partial charge is 0.477 e. The predicted molar refractivity (Wildman–Crippen MR) is 96.8 cm³/mol. The first-order chi connectivity index (χ1) is 12.1. The smallest absolute Gasteiger partial charge is 0.260 e. The van der Waals surface area contributed by atoms with Crippen molar-refractivity contribution in [2.24, 2.45) is 5.73 Å². The Balaban J connectivity index is 1.86. The van der Waals surface area contributed by atoms with Crippen LogP contribution in [-0.2, 0) is 11.2 Å². The molecule has 0 aromatic heterocycles. The molecule has 0 spiro atoms. The molecule has 0 fully saturated rings. The number of rotatable bonds is 5. The maximum atomic E-state index is 13.0. The topological polar surface area (TPSA) is 72.6 Å². The van der Waals surface area contributed by atoms with Gasteiger partial charge in [-0.15, -0.1) is 0 Å². The minimum absolute atomic E-state index is 0.114. The Kier molecular flexibility index (Phi) is 5.03. The number of nitrogens with two attached hydrogens (primary N) is 1. The maximum Gasteiger partial charge on any atom is 0.260 e. The Morgan fingerprint density at radius 3 is 2.56 bits per heavy atom. The third kappa shape index (κ3) is 3.65. The summed E-state index contributed by atoms with van der Waals surface area (Å²) in [6.45, 7) is 2.27. The van der Waals surface area contributed by atoms with Gasteiger partial charge in [0.1, 0.15) is 5.75 Å². The minimum Gasteiger partial charge on any atom is -0.477 e. The van der Waals surface area contributed by atoms with Crippen LogP contribution >= 0.6 is 0 Å². The van der Waals surface area contributed by atoms with Crippen LogP contribution in [0.5, 0.6) is 5.75 Å². The van der Waals surface area contributed by atoms with Gasteiger partial charge in [0, 0.05) is 5.56 Å². The van der Waals surface area contributed by atoms with Gasteiger partial charge in [0.15, 0.2) is 6.10 Å². The molecule has 1 atom stereocenters. The van der Waals surface area contributed by atoms with Crippen molar-refractivity contribution in [2.75, 3.05) is 11.4 Å². The Hall–Kier alpha value is -2.82. The number of hydrogen-bond donors (Lipinski definition) is 1. The molecule has 0 saturated heterocycles. The fraction of sp³-hybridized carbons (Fsp3) is 0.300. The van der Waals surface area contributed by atoms with E-state index >= 15 is 0 Å². The van der Waals surface area contributed by atoms with Crippen molar-refractivity contribution < 1.29 is 14.3 Å². The molecule has 1 aliphatic rings. The van der Waals surface area contributed by atoms with Gasteiger partial charge in [0.25, 0.3) is 11.8 Å². The molecular weight excluding hydrogens is 316 g/mol. The lowest BCUT2D eigenvalue weighted by Crippen LogP contribution is -2.49. The lowest BCUT2D eigenvalue weighted by molar-refractivity contribution is -0.124. The summed E-state index contributed by atoms with van der Waals surface area (Å²) in [4.78, 5) is 26.1. The van der Waals surface area contributed by atoms with E-state index in [4.69, 9.17) is 10.5 Å². The summed E-state index contributed by atoms with van der Waals surface area (Å²) >= 11 is 0. The first-order valence-electron chi connectivity index (χ1n) is 8.56. The Morgan fingerprint density at radius 2 is 1.88 bits per heavy atom. The molecule has 2 N–H and O–H groups in total. The molecule has 1 aliphatic heterocycles. The third-order valence-corrected chi connectivity index (χ3v) is 4.36. The van der Waals surface area contributed by atoms with Crippen LogP contribution in [0.15, 0.2) is 48.5 Å². The number of carbonyl (C=O) groups is 2. The van der Waals surface area contributed by atoms with Crippen molar-refractivity contribution in [3.8, 4) is 5.75 Å². The van der Waals surface area contributed by atoms with Crippen LogP contribution in [0.2, 0.25) is 0 Å². The van der Waals surface area contributed by atoms with Gasteiger partial charge in [-0.05, 0) is 42.7 Å². The quantitative estimate of drug-likeness (QED) is 0.911. The van der Waals surface area contributed by atoms with E-state index in [2.05, 4.69) is 6.92 Å². The number of anilines is 1. The number of para-hydroxylation sites is 2. The molecule has 1 heterocycles. The summed E-state index contributed by atoms with van der Waals surface area (Å²) in [5.74, 6) is -0.253. The summed E-state index contributed by atoms with van der Waals surface area (Å²) in [6.07, 6.45) is 2.43. The second-order valence-corrected chi connectivity index (χ2v) is 6.19. The van der Waals surface area contributed by atoms with Gasteiger partial charge in [0.05, 0.1) is 12.2 Å². The van der Waals surface area contributed by atoms with E-state index in [1.54, 1.807) is 23.1 Å². The number of carbonyl (C=O) groups excluding carboxylic acids is 2. The van der Waals surface area contributed by atoms with E-state index in [9.17, 15) is 9.59 Å². The van der Waals surface area contributed by atoms with Crippen LogP contribution in [0, 0.1) is 0 Å². The lowest BCUT2D eigenvalue weighted by atomic mass is 10.0. The van der Waals surface area contributed by atoms with Crippen molar-refractivity contribution in [1.29, 1.82) is 0 Å². The molecule has 130 valence electrons. The molecule has 0 bridgehead atoms. The lowest BCUT2D eigenvalue weighted by Gasteiger charge is -2.33. The summed E-state index contributed by atoms with van der Waals surface area (Å²) < 4.78 is 5.60. The van der Waals surface area contributed by atoms with E-state index < -0.39 is 12.0 Å². The maximum absolute atomic E-state index is 13.0. The summed E-state index contributed by atoms with van der Waals surface area (Å²) in [5.41, 5.74) is 7.84. The van der Waals surface area contributed by atoms with Crippen molar-refractivity contribution in [3.63, 3.8) is 0 Å². The minimum atomic E-state index is -0.845. The van der Waals surface area contributed by atoms with Gasteiger partial charge in [-0.2, -0.15) is 0 Å². The zero-order chi connectivity index (χ0) is 17.8. The number of benzene rings is 2. The molecule has 0 saturated carbocycles. The number of nitrogens with zero attached hydrogens (tertiary/aromatic N) is 1. The highest BCUT2D eigenvalue weighted by Gasteiger charge is 2.32. The number of unbranched alkanes of at least 4 members (excludes halogenated alkanes) is 1. The molecule has 3 rings (SSSR count). The van der Waals surface area contributed by atoms with Gasteiger partial charge in [-0.1, -0.05) is 37.6 Å². The number of hydrogen-bond acceptors (Lipinski definition) is 3. The zero-order valence-electron chi connectivity index (χ0n) is 14.3.